The van der Waals surface area contributed by atoms with Crippen LogP contribution >= 0.6 is 0 Å². The Balaban J connectivity index is 1.17. The van der Waals surface area contributed by atoms with Gasteiger partial charge in [0.05, 0.1) is 0 Å². The number of carbonyl (C=O) groups is 1. The lowest BCUT2D eigenvalue weighted by Crippen LogP contribution is -2.41. The Hall–Kier alpha value is -2.49. The molecular formula is C30H42N2O2. The molecule has 0 aliphatic heterocycles. The van der Waals surface area contributed by atoms with Crippen LogP contribution in [-0.4, -0.2) is 18.2 Å². The van der Waals surface area contributed by atoms with Crippen molar-refractivity contribution in [3.63, 3.8) is 0 Å². The Kier molecular flexibility index (Phi) is 8.18. The summed E-state index contributed by atoms with van der Waals surface area (Å²) in [5.74, 6) is 1.23. The van der Waals surface area contributed by atoms with Crippen molar-refractivity contribution in [2.75, 3.05) is 5.32 Å². The molecule has 2 aliphatic rings. The van der Waals surface area contributed by atoms with Crippen molar-refractivity contribution < 1.29 is 9.53 Å². The van der Waals surface area contributed by atoms with E-state index < -0.39 is 0 Å². The van der Waals surface area contributed by atoms with Crippen LogP contribution in [0.2, 0.25) is 0 Å². The SMILES string of the molecule is CC(NC(=O)OCc1ccccc1)C1CCC(Nc2ccc(C3CCC(C)(C)CC3)cc2)CC1. The van der Waals surface area contributed by atoms with Gasteiger partial charge in [-0.05, 0) is 98.8 Å². The highest BCUT2D eigenvalue weighted by molar-refractivity contribution is 5.67. The van der Waals surface area contributed by atoms with E-state index in [0.29, 0.717) is 24.0 Å². The fourth-order valence-corrected chi connectivity index (χ4v) is 5.65. The topological polar surface area (TPSA) is 50.4 Å². The maximum atomic E-state index is 12.2. The first-order valence-corrected chi connectivity index (χ1v) is 13.2. The number of carbonyl (C=O) groups excluding carboxylic acids is 1. The van der Waals surface area contributed by atoms with Crippen LogP contribution in [-0.2, 0) is 11.3 Å². The highest BCUT2D eigenvalue weighted by Crippen LogP contribution is 2.42. The summed E-state index contributed by atoms with van der Waals surface area (Å²) >= 11 is 0. The second-order valence-electron chi connectivity index (χ2n) is 11.3. The number of anilines is 1. The molecule has 2 aromatic rings. The van der Waals surface area contributed by atoms with Gasteiger partial charge in [0.1, 0.15) is 6.61 Å². The van der Waals surface area contributed by atoms with E-state index in [-0.39, 0.29) is 12.1 Å². The maximum Gasteiger partial charge on any atom is 0.407 e. The zero-order chi connectivity index (χ0) is 24.0. The van der Waals surface area contributed by atoms with Gasteiger partial charge in [-0.25, -0.2) is 4.79 Å². The molecule has 0 radical (unpaired) electrons. The summed E-state index contributed by atoms with van der Waals surface area (Å²) in [4.78, 5) is 12.2. The standard InChI is InChI=1S/C30H42N2O2/c1-22(31-29(33)34-21-23-7-5-4-6-8-23)24-9-13-27(14-10-24)32-28-15-11-25(12-16-28)26-17-19-30(2,3)20-18-26/h4-8,11-12,15-16,22,24,26-27,32H,9-10,13-14,17-21H2,1-3H3,(H,31,33). The van der Waals surface area contributed by atoms with Crippen molar-refractivity contribution in [3.8, 4) is 0 Å². The molecule has 2 saturated carbocycles. The number of amides is 1. The first kappa shape index (κ1) is 24.6. The van der Waals surface area contributed by atoms with Crippen molar-refractivity contribution in [1.29, 1.82) is 0 Å². The van der Waals surface area contributed by atoms with Gasteiger partial charge in [-0.2, -0.15) is 0 Å². The minimum Gasteiger partial charge on any atom is -0.445 e. The van der Waals surface area contributed by atoms with Crippen LogP contribution in [0.25, 0.3) is 0 Å². The second-order valence-corrected chi connectivity index (χ2v) is 11.3. The molecule has 4 nitrogen and oxygen atoms in total. The van der Waals surface area contributed by atoms with Crippen LogP contribution in [0.4, 0.5) is 10.5 Å². The fourth-order valence-electron chi connectivity index (χ4n) is 5.65. The van der Waals surface area contributed by atoms with Gasteiger partial charge in [0.15, 0.2) is 0 Å². The largest absolute Gasteiger partial charge is 0.445 e. The predicted molar refractivity (Wildman–Crippen MR) is 140 cm³/mol. The smallest absolute Gasteiger partial charge is 0.407 e. The Morgan fingerprint density at radius 3 is 2.24 bits per heavy atom. The third-order valence-electron chi connectivity index (χ3n) is 8.13. The second kappa shape index (κ2) is 11.3. The van der Waals surface area contributed by atoms with E-state index in [1.807, 2.05) is 30.3 Å². The number of hydrogen-bond acceptors (Lipinski definition) is 3. The van der Waals surface area contributed by atoms with Gasteiger partial charge >= 0.3 is 6.09 Å². The van der Waals surface area contributed by atoms with Crippen LogP contribution in [0, 0.1) is 11.3 Å². The summed E-state index contributed by atoms with van der Waals surface area (Å²) in [6.45, 7) is 7.22. The van der Waals surface area contributed by atoms with Gasteiger partial charge in [0, 0.05) is 17.8 Å². The van der Waals surface area contributed by atoms with Crippen LogP contribution in [0.15, 0.2) is 54.6 Å². The lowest BCUT2D eigenvalue weighted by atomic mass is 9.71. The average Bonchev–Trinajstić information content (AvgIpc) is 2.84. The van der Waals surface area contributed by atoms with E-state index in [0.717, 1.165) is 37.2 Å². The van der Waals surface area contributed by atoms with Crippen molar-refractivity contribution in [2.45, 2.75) is 96.7 Å². The summed E-state index contributed by atoms with van der Waals surface area (Å²) in [6, 6.07) is 19.7. The normalized spacial score (nSPS) is 23.6. The molecule has 2 N–H and O–H groups in total. The number of benzene rings is 2. The van der Waals surface area contributed by atoms with E-state index in [9.17, 15) is 4.79 Å². The highest BCUT2D eigenvalue weighted by Gasteiger charge is 2.28. The van der Waals surface area contributed by atoms with Gasteiger partial charge in [0.25, 0.3) is 0 Å². The minimum atomic E-state index is -0.321. The van der Waals surface area contributed by atoms with Gasteiger partial charge < -0.3 is 15.4 Å². The molecule has 1 unspecified atom stereocenters. The van der Waals surface area contributed by atoms with Crippen LogP contribution in [0.5, 0.6) is 0 Å². The van der Waals surface area contributed by atoms with Crippen molar-refractivity contribution in [3.05, 3.63) is 65.7 Å². The molecular weight excluding hydrogens is 420 g/mol. The molecule has 2 aliphatic carbocycles. The van der Waals surface area contributed by atoms with Crippen molar-refractivity contribution >= 4 is 11.8 Å². The highest BCUT2D eigenvalue weighted by atomic mass is 16.5. The fraction of sp³-hybridized carbons (Fsp3) is 0.567. The molecule has 184 valence electrons. The zero-order valence-electron chi connectivity index (χ0n) is 21.2. The summed E-state index contributed by atoms with van der Waals surface area (Å²) in [7, 11) is 0. The van der Waals surface area contributed by atoms with Crippen LogP contribution in [0.1, 0.15) is 89.2 Å². The minimum absolute atomic E-state index is 0.129. The first-order chi connectivity index (χ1) is 16.4. The Morgan fingerprint density at radius 2 is 1.59 bits per heavy atom. The van der Waals surface area contributed by atoms with E-state index in [1.165, 1.54) is 36.9 Å². The summed E-state index contributed by atoms with van der Waals surface area (Å²) in [6.07, 6.45) is 9.48. The monoisotopic (exact) mass is 462 g/mol. The van der Waals surface area contributed by atoms with E-state index >= 15 is 0 Å². The Morgan fingerprint density at radius 1 is 0.941 bits per heavy atom. The van der Waals surface area contributed by atoms with Crippen LogP contribution in [0.3, 0.4) is 0 Å². The Labute approximate surface area is 205 Å². The van der Waals surface area contributed by atoms with Gasteiger partial charge in [-0.15, -0.1) is 0 Å². The lowest BCUT2D eigenvalue weighted by molar-refractivity contribution is 0.130. The summed E-state index contributed by atoms with van der Waals surface area (Å²) in [5.41, 5.74) is 4.27. The van der Waals surface area contributed by atoms with E-state index in [1.54, 1.807) is 0 Å². The predicted octanol–water partition coefficient (Wildman–Crippen LogP) is 7.66. The number of hydrogen-bond donors (Lipinski definition) is 2. The van der Waals surface area contributed by atoms with Crippen molar-refractivity contribution in [1.82, 2.24) is 5.32 Å². The molecule has 0 heterocycles. The lowest BCUT2D eigenvalue weighted by Gasteiger charge is -2.35. The number of nitrogens with one attached hydrogen (secondary N) is 2. The molecule has 4 heteroatoms. The number of ether oxygens (including phenoxy) is 1. The molecule has 0 aromatic heterocycles. The van der Waals surface area contributed by atoms with E-state index in [2.05, 4.69) is 55.7 Å². The molecule has 2 fully saturated rings. The molecule has 0 bridgehead atoms. The average molecular weight is 463 g/mol. The zero-order valence-corrected chi connectivity index (χ0v) is 21.2. The van der Waals surface area contributed by atoms with E-state index in [4.69, 9.17) is 4.74 Å². The van der Waals surface area contributed by atoms with Crippen molar-refractivity contribution in [2.24, 2.45) is 11.3 Å². The first-order valence-electron chi connectivity index (χ1n) is 13.2. The van der Waals surface area contributed by atoms with Crippen LogP contribution < -0.4 is 10.6 Å². The molecule has 0 saturated heterocycles. The molecule has 0 spiro atoms. The third-order valence-corrected chi connectivity index (χ3v) is 8.13. The Bertz CT molecular complexity index is 891. The molecule has 1 atom stereocenters. The molecule has 34 heavy (non-hydrogen) atoms. The third kappa shape index (κ3) is 7.01. The molecule has 2 aromatic carbocycles. The number of rotatable bonds is 7. The molecule has 1 amide bonds. The quantitative estimate of drug-likeness (QED) is 0.444. The maximum absolute atomic E-state index is 12.2. The summed E-state index contributed by atoms with van der Waals surface area (Å²) < 4.78 is 5.39. The summed E-state index contributed by atoms with van der Waals surface area (Å²) in [5, 5.41) is 6.80. The number of alkyl carbamates (subject to hydrolysis) is 1. The van der Waals surface area contributed by atoms with Gasteiger partial charge in [0.2, 0.25) is 0 Å². The molecule has 4 rings (SSSR count). The van der Waals surface area contributed by atoms with Gasteiger partial charge in [-0.3, -0.25) is 0 Å². The van der Waals surface area contributed by atoms with Gasteiger partial charge in [-0.1, -0.05) is 56.3 Å².